The SMILES string of the molecule is COCCSNCCc1cncn1Cc1ccc(C#N)cc1. The number of benzene rings is 1. The van der Waals surface area contributed by atoms with Gasteiger partial charge >= 0.3 is 0 Å². The van der Waals surface area contributed by atoms with Crippen molar-refractivity contribution < 1.29 is 4.74 Å². The summed E-state index contributed by atoms with van der Waals surface area (Å²) in [6, 6.07) is 9.80. The van der Waals surface area contributed by atoms with Crippen molar-refractivity contribution in [3.63, 3.8) is 0 Å². The fourth-order valence-corrected chi connectivity index (χ4v) is 2.67. The predicted octanol–water partition coefficient (Wildman–Crippen LogP) is 2.23. The van der Waals surface area contributed by atoms with Crippen molar-refractivity contribution in [1.29, 1.82) is 5.26 Å². The van der Waals surface area contributed by atoms with Crippen LogP contribution in [0.15, 0.2) is 36.8 Å². The van der Waals surface area contributed by atoms with Crippen LogP contribution in [0, 0.1) is 11.3 Å². The molecule has 6 heteroatoms. The molecule has 0 saturated carbocycles. The van der Waals surface area contributed by atoms with Crippen molar-refractivity contribution >= 4 is 11.9 Å². The first-order valence-electron chi connectivity index (χ1n) is 7.15. The molecule has 1 heterocycles. The quantitative estimate of drug-likeness (QED) is 0.568. The molecule has 1 aromatic heterocycles. The summed E-state index contributed by atoms with van der Waals surface area (Å²) in [5, 5.41) is 8.82. The fraction of sp³-hybridized carbons (Fsp3) is 0.375. The average molecular weight is 316 g/mol. The van der Waals surface area contributed by atoms with E-state index >= 15 is 0 Å². The molecule has 0 fully saturated rings. The van der Waals surface area contributed by atoms with Gasteiger partial charge < -0.3 is 9.30 Å². The van der Waals surface area contributed by atoms with E-state index < -0.39 is 0 Å². The number of aromatic nitrogens is 2. The molecule has 0 amide bonds. The van der Waals surface area contributed by atoms with Gasteiger partial charge in [0.2, 0.25) is 0 Å². The van der Waals surface area contributed by atoms with E-state index in [4.69, 9.17) is 10.00 Å². The highest BCUT2D eigenvalue weighted by atomic mass is 32.2. The molecular weight excluding hydrogens is 296 g/mol. The normalized spacial score (nSPS) is 10.5. The van der Waals surface area contributed by atoms with Crippen molar-refractivity contribution in [2.24, 2.45) is 0 Å². The van der Waals surface area contributed by atoms with Crippen LogP contribution in [-0.2, 0) is 17.7 Å². The van der Waals surface area contributed by atoms with E-state index in [-0.39, 0.29) is 0 Å². The number of hydrogen-bond donors (Lipinski definition) is 1. The second-order valence-corrected chi connectivity index (χ2v) is 5.79. The van der Waals surface area contributed by atoms with Crippen LogP contribution in [0.25, 0.3) is 0 Å². The van der Waals surface area contributed by atoms with Gasteiger partial charge in [0.15, 0.2) is 0 Å². The zero-order valence-electron chi connectivity index (χ0n) is 12.7. The number of rotatable bonds is 9. The Morgan fingerprint density at radius 3 is 2.91 bits per heavy atom. The van der Waals surface area contributed by atoms with Crippen molar-refractivity contribution in [2.75, 3.05) is 26.0 Å². The summed E-state index contributed by atoms with van der Waals surface area (Å²) in [5.41, 5.74) is 3.05. The van der Waals surface area contributed by atoms with Gasteiger partial charge in [-0.15, -0.1) is 0 Å². The van der Waals surface area contributed by atoms with Crippen LogP contribution >= 0.6 is 11.9 Å². The van der Waals surface area contributed by atoms with Gasteiger partial charge in [0.05, 0.1) is 24.6 Å². The molecule has 0 saturated heterocycles. The number of methoxy groups -OCH3 is 1. The molecule has 1 aromatic carbocycles. The lowest BCUT2D eigenvalue weighted by molar-refractivity contribution is 0.218. The number of ether oxygens (including phenoxy) is 1. The van der Waals surface area contributed by atoms with Crippen LogP contribution in [0.3, 0.4) is 0 Å². The summed E-state index contributed by atoms with van der Waals surface area (Å²) < 4.78 is 10.5. The molecule has 116 valence electrons. The summed E-state index contributed by atoms with van der Waals surface area (Å²) >= 11 is 1.68. The molecule has 0 aliphatic carbocycles. The molecule has 5 nitrogen and oxygen atoms in total. The number of imidazole rings is 1. The molecule has 0 unspecified atom stereocenters. The van der Waals surface area contributed by atoms with Crippen molar-refractivity contribution in [3.05, 3.63) is 53.6 Å². The van der Waals surface area contributed by atoms with Crippen LogP contribution < -0.4 is 4.72 Å². The third-order valence-corrected chi connectivity index (χ3v) is 3.99. The van der Waals surface area contributed by atoms with Gasteiger partial charge in [-0.05, 0) is 17.7 Å². The Morgan fingerprint density at radius 2 is 2.18 bits per heavy atom. The molecule has 2 aromatic rings. The van der Waals surface area contributed by atoms with Crippen LogP contribution in [0.2, 0.25) is 0 Å². The van der Waals surface area contributed by atoms with Gasteiger partial charge in [-0.25, -0.2) is 4.98 Å². The Hall–Kier alpha value is -1.81. The Balaban J connectivity index is 1.82. The highest BCUT2D eigenvalue weighted by Gasteiger charge is 2.03. The highest BCUT2D eigenvalue weighted by Crippen LogP contribution is 2.09. The Labute approximate surface area is 135 Å². The Kier molecular flexibility index (Phi) is 6.97. The summed E-state index contributed by atoms with van der Waals surface area (Å²) in [5.74, 6) is 0.945. The number of nitrogens with one attached hydrogen (secondary N) is 1. The first kappa shape index (κ1) is 16.6. The standard InChI is InChI=1S/C16H20N4OS/c1-21-8-9-22-19-7-6-16-11-18-13-20(16)12-15-4-2-14(10-17)3-5-15/h2-5,11,13,19H,6-9,12H2,1H3. The first-order valence-corrected chi connectivity index (χ1v) is 8.13. The lowest BCUT2D eigenvalue weighted by Gasteiger charge is -2.09. The maximum absolute atomic E-state index is 8.82. The highest BCUT2D eigenvalue weighted by molar-refractivity contribution is 7.97. The molecule has 0 bridgehead atoms. The largest absolute Gasteiger partial charge is 0.384 e. The number of nitrogens with zero attached hydrogens (tertiary/aromatic N) is 3. The predicted molar refractivity (Wildman–Crippen MR) is 88.5 cm³/mol. The van der Waals surface area contributed by atoms with E-state index in [9.17, 15) is 0 Å². The van der Waals surface area contributed by atoms with E-state index in [1.165, 1.54) is 11.3 Å². The first-order chi connectivity index (χ1) is 10.8. The second-order valence-electron chi connectivity index (χ2n) is 4.81. The minimum Gasteiger partial charge on any atom is -0.384 e. The van der Waals surface area contributed by atoms with Gasteiger partial charge in [-0.2, -0.15) is 5.26 Å². The third kappa shape index (κ3) is 5.19. The lowest BCUT2D eigenvalue weighted by Crippen LogP contribution is -2.13. The number of hydrogen-bond acceptors (Lipinski definition) is 5. The third-order valence-electron chi connectivity index (χ3n) is 3.21. The summed E-state index contributed by atoms with van der Waals surface area (Å²) in [4.78, 5) is 4.24. The Morgan fingerprint density at radius 1 is 1.36 bits per heavy atom. The molecule has 0 spiro atoms. The van der Waals surface area contributed by atoms with Gasteiger partial charge in [0.25, 0.3) is 0 Å². The van der Waals surface area contributed by atoms with Crippen molar-refractivity contribution in [3.8, 4) is 6.07 Å². The van der Waals surface area contributed by atoms with E-state index in [0.29, 0.717) is 5.56 Å². The minimum absolute atomic E-state index is 0.687. The van der Waals surface area contributed by atoms with E-state index in [0.717, 1.165) is 31.9 Å². The van der Waals surface area contributed by atoms with Gasteiger partial charge in [0.1, 0.15) is 0 Å². The number of nitriles is 1. The molecule has 22 heavy (non-hydrogen) atoms. The summed E-state index contributed by atoms with van der Waals surface area (Å²) in [6.45, 7) is 2.43. The molecular formula is C16H20N4OS. The zero-order chi connectivity index (χ0) is 15.6. The molecule has 0 aliphatic rings. The van der Waals surface area contributed by atoms with E-state index in [1.807, 2.05) is 36.8 Å². The monoisotopic (exact) mass is 316 g/mol. The lowest BCUT2D eigenvalue weighted by atomic mass is 10.1. The maximum atomic E-state index is 8.82. The smallest absolute Gasteiger partial charge is 0.0991 e. The zero-order valence-corrected chi connectivity index (χ0v) is 13.5. The van der Waals surface area contributed by atoms with Crippen LogP contribution in [0.1, 0.15) is 16.8 Å². The molecule has 1 N–H and O–H groups in total. The minimum atomic E-state index is 0.687. The molecule has 0 aliphatic heterocycles. The van der Waals surface area contributed by atoms with Crippen molar-refractivity contribution in [1.82, 2.24) is 14.3 Å². The average Bonchev–Trinajstić information content (AvgIpc) is 2.98. The molecule has 2 rings (SSSR count). The van der Waals surface area contributed by atoms with Gasteiger partial charge in [-0.3, -0.25) is 4.72 Å². The molecule has 0 radical (unpaired) electrons. The second kappa shape index (κ2) is 9.26. The fourth-order valence-electron chi connectivity index (χ4n) is 2.03. The summed E-state index contributed by atoms with van der Waals surface area (Å²) in [7, 11) is 1.71. The molecule has 0 atom stereocenters. The van der Waals surface area contributed by atoms with E-state index in [1.54, 1.807) is 19.1 Å². The summed E-state index contributed by atoms with van der Waals surface area (Å²) in [6.07, 6.45) is 4.69. The van der Waals surface area contributed by atoms with Crippen LogP contribution in [0.4, 0.5) is 0 Å². The Bertz CT molecular complexity index is 603. The van der Waals surface area contributed by atoms with Crippen molar-refractivity contribution in [2.45, 2.75) is 13.0 Å². The van der Waals surface area contributed by atoms with Gasteiger partial charge in [-0.1, -0.05) is 24.1 Å². The topological polar surface area (TPSA) is 62.9 Å². The van der Waals surface area contributed by atoms with Crippen LogP contribution in [-0.4, -0.2) is 35.6 Å². The van der Waals surface area contributed by atoms with Crippen LogP contribution in [0.5, 0.6) is 0 Å². The van der Waals surface area contributed by atoms with E-state index in [2.05, 4.69) is 20.3 Å². The van der Waals surface area contributed by atoms with Gasteiger partial charge in [0, 0.05) is 44.3 Å². The maximum Gasteiger partial charge on any atom is 0.0991 e.